The second kappa shape index (κ2) is 7.78. The second-order valence-corrected chi connectivity index (χ2v) is 5.42. The van der Waals surface area contributed by atoms with E-state index in [1.165, 1.54) is 5.56 Å². The number of rotatable bonds is 7. The van der Waals surface area contributed by atoms with Gasteiger partial charge in [-0.1, -0.05) is 44.5 Å². The topological polar surface area (TPSA) is 21.3 Å². The largest absolute Gasteiger partial charge is 0.383 e. The third-order valence-corrected chi connectivity index (χ3v) is 3.50. The average Bonchev–Trinajstić information content (AvgIpc) is 2.35. The van der Waals surface area contributed by atoms with Crippen molar-refractivity contribution in [2.24, 2.45) is 5.92 Å². The molecule has 0 radical (unpaired) electrons. The summed E-state index contributed by atoms with van der Waals surface area (Å²) in [6.45, 7) is 7.36. The Hall–Kier alpha value is -0.570. The highest BCUT2D eigenvalue weighted by molar-refractivity contribution is 6.30. The van der Waals surface area contributed by atoms with E-state index in [-0.39, 0.29) is 0 Å². The number of ether oxygens (including phenoxy) is 1. The molecule has 1 aromatic carbocycles. The van der Waals surface area contributed by atoms with Crippen LogP contribution in [0.5, 0.6) is 0 Å². The van der Waals surface area contributed by atoms with E-state index in [1.54, 1.807) is 7.11 Å². The summed E-state index contributed by atoms with van der Waals surface area (Å²) in [5, 5.41) is 4.46. The first-order chi connectivity index (χ1) is 8.58. The molecule has 1 rings (SSSR count). The summed E-state index contributed by atoms with van der Waals surface area (Å²) in [5.74, 6) is 0.548. The lowest BCUT2D eigenvalue weighted by Gasteiger charge is -2.27. The van der Waals surface area contributed by atoms with Crippen molar-refractivity contribution in [3.05, 3.63) is 34.9 Å². The van der Waals surface area contributed by atoms with Gasteiger partial charge in [-0.3, -0.25) is 0 Å². The molecule has 0 amide bonds. The van der Waals surface area contributed by atoms with Crippen LogP contribution >= 0.6 is 11.6 Å². The number of hydrogen-bond acceptors (Lipinski definition) is 2. The number of nitrogens with one attached hydrogen (secondary N) is 1. The number of methoxy groups -OCH3 is 1. The second-order valence-electron chi connectivity index (χ2n) is 4.98. The molecule has 18 heavy (non-hydrogen) atoms. The molecule has 0 spiro atoms. The van der Waals surface area contributed by atoms with Crippen LogP contribution < -0.4 is 5.32 Å². The fourth-order valence-corrected chi connectivity index (χ4v) is 2.14. The van der Waals surface area contributed by atoms with Gasteiger partial charge in [0.1, 0.15) is 0 Å². The summed E-state index contributed by atoms with van der Waals surface area (Å²) in [5.41, 5.74) is 1.28. The Morgan fingerprint density at radius 1 is 1.22 bits per heavy atom. The van der Waals surface area contributed by atoms with Crippen molar-refractivity contribution in [1.82, 2.24) is 5.32 Å². The molecule has 2 nitrogen and oxygen atoms in total. The fourth-order valence-electron chi connectivity index (χ4n) is 2.02. The van der Waals surface area contributed by atoms with Crippen LogP contribution in [0.3, 0.4) is 0 Å². The highest BCUT2D eigenvalue weighted by Gasteiger charge is 2.18. The Morgan fingerprint density at radius 3 is 2.28 bits per heavy atom. The summed E-state index contributed by atoms with van der Waals surface area (Å²) in [6, 6.07) is 8.80. The van der Waals surface area contributed by atoms with Crippen LogP contribution in [-0.2, 0) is 4.74 Å². The van der Waals surface area contributed by atoms with Crippen molar-refractivity contribution in [2.45, 2.75) is 39.3 Å². The zero-order valence-corrected chi connectivity index (χ0v) is 12.5. The van der Waals surface area contributed by atoms with Gasteiger partial charge < -0.3 is 10.1 Å². The predicted molar refractivity (Wildman–Crippen MR) is 78.1 cm³/mol. The van der Waals surface area contributed by atoms with Gasteiger partial charge in [0.15, 0.2) is 0 Å². The summed E-state index contributed by atoms with van der Waals surface area (Å²) in [6.07, 6.45) is 1.05. The van der Waals surface area contributed by atoms with E-state index in [2.05, 4.69) is 38.2 Å². The van der Waals surface area contributed by atoms with Gasteiger partial charge in [-0.2, -0.15) is 0 Å². The summed E-state index contributed by atoms with van der Waals surface area (Å²) >= 11 is 5.93. The number of benzene rings is 1. The van der Waals surface area contributed by atoms with E-state index < -0.39 is 0 Å². The van der Waals surface area contributed by atoms with Crippen LogP contribution in [0.2, 0.25) is 5.02 Å². The first kappa shape index (κ1) is 15.5. The van der Waals surface area contributed by atoms with Crippen molar-refractivity contribution in [3.63, 3.8) is 0 Å². The normalized spacial score (nSPS) is 14.8. The van der Waals surface area contributed by atoms with E-state index in [0.717, 1.165) is 18.1 Å². The van der Waals surface area contributed by atoms with Crippen LogP contribution in [0.4, 0.5) is 0 Å². The lowest BCUT2D eigenvalue weighted by Crippen LogP contribution is -2.40. The van der Waals surface area contributed by atoms with E-state index >= 15 is 0 Å². The molecule has 0 saturated heterocycles. The van der Waals surface area contributed by atoms with Gasteiger partial charge in [0.25, 0.3) is 0 Å². The molecule has 0 saturated carbocycles. The van der Waals surface area contributed by atoms with Crippen LogP contribution in [0.15, 0.2) is 24.3 Å². The number of hydrogen-bond donors (Lipinski definition) is 1. The maximum Gasteiger partial charge on any atom is 0.0618 e. The first-order valence-corrected chi connectivity index (χ1v) is 6.96. The maximum absolute atomic E-state index is 5.93. The van der Waals surface area contributed by atoms with Gasteiger partial charge in [-0.15, -0.1) is 0 Å². The minimum atomic E-state index is 0.352. The smallest absolute Gasteiger partial charge is 0.0618 e. The Labute approximate surface area is 116 Å². The van der Waals surface area contributed by atoms with E-state index in [9.17, 15) is 0 Å². The quantitative estimate of drug-likeness (QED) is 0.806. The van der Waals surface area contributed by atoms with Crippen molar-refractivity contribution in [2.75, 3.05) is 13.7 Å². The fraction of sp³-hybridized carbons (Fsp3) is 0.600. The molecule has 1 N–H and O–H groups in total. The summed E-state index contributed by atoms with van der Waals surface area (Å²) < 4.78 is 5.28. The minimum Gasteiger partial charge on any atom is -0.383 e. The molecule has 3 heteroatoms. The van der Waals surface area contributed by atoms with Crippen LogP contribution in [0.25, 0.3) is 0 Å². The molecule has 2 unspecified atom stereocenters. The van der Waals surface area contributed by atoms with Crippen molar-refractivity contribution in [3.8, 4) is 0 Å². The third kappa shape index (κ3) is 4.60. The van der Waals surface area contributed by atoms with Gasteiger partial charge in [0, 0.05) is 24.2 Å². The molecule has 2 atom stereocenters. The lowest BCUT2D eigenvalue weighted by molar-refractivity contribution is 0.139. The molecule has 1 aromatic rings. The SMILES string of the molecule is CCC(NC(COC)C(C)C)c1ccc(Cl)cc1. The van der Waals surface area contributed by atoms with Crippen molar-refractivity contribution in [1.29, 1.82) is 0 Å². The monoisotopic (exact) mass is 269 g/mol. The van der Waals surface area contributed by atoms with Crippen LogP contribution in [0.1, 0.15) is 38.8 Å². The molecule has 0 fully saturated rings. The summed E-state index contributed by atoms with van der Waals surface area (Å²) in [7, 11) is 1.75. The molecule has 0 aliphatic rings. The maximum atomic E-state index is 5.93. The zero-order valence-electron chi connectivity index (χ0n) is 11.7. The zero-order chi connectivity index (χ0) is 13.5. The third-order valence-electron chi connectivity index (χ3n) is 3.25. The highest BCUT2D eigenvalue weighted by atomic mass is 35.5. The first-order valence-electron chi connectivity index (χ1n) is 6.58. The standard InChI is InChI=1S/C15H24ClNO/c1-5-14(12-6-8-13(16)9-7-12)17-15(10-18-4)11(2)3/h6-9,11,14-15,17H,5,10H2,1-4H3. The van der Waals surface area contributed by atoms with E-state index in [0.29, 0.717) is 18.0 Å². The Bertz CT molecular complexity index is 337. The molecular formula is C15H24ClNO. The predicted octanol–water partition coefficient (Wildman–Crippen LogP) is 4.05. The van der Waals surface area contributed by atoms with Gasteiger partial charge in [0.2, 0.25) is 0 Å². The number of halogens is 1. The molecular weight excluding hydrogens is 246 g/mol. The van der Waals surface area contributed by atoms with Gasteiger partial charge >= 0.3 is 0 Å². The molecule has 0 aliphatic carbocycles. The Balaban J connectivity index is 2.73. The Morgan fingerprint density at radius 2 is 1.83 bits per heavy atom. The molecule has 0 heterocycles. The molecule has 0 bridgehead atoms. The molecule has 102 valence electrons. The Kier molecular flexibility index (Phi) is 6.69. The molecule has 0 aromatic heterocycles. The highest BCUT2D eigenvalue weighted by Crippen LogP contribution is 2.21. The van der Waals surface area contributed by atoms with E-state index in [4.69, 9.17) is 16.3 Å². The average molecular weight is 270 g/mol. The van der Waals surface area contributed by atoms with Crippen molar-refractivity contribution >= 4 is 11.6 Å². The van der Waals surface area contributed by atoms with E-state index in [1.807, 2.05) is 12.1 Å². The minimum absolute atomic E-state index is 0.352. The van der Waals surface area contributed by atoms with Crippen LogP contribution in [0, 0.1) is 5.92 Å². The van der Waals surface area contributed by atoms with Gasteiger partial charge in [-0.25, -0.2) is 0 Å². The van der Waals surface area contributed by atoms with Crippen molar-refractivity contribution < 1.29 is 4.74 Å². The van der Waals surface area contributed by atoms with Gasteiger partial charge in [0.05, 0.1) is 6.61 Å². The van der Waals surface area contributed by atoms with Gasteiger partial charge in [-0.05, 0) is 30.0 Å². The lowest BCUT2D eigenvalue weighted by atomic mass is 9.99. The molecule has 0 aliphatic heterocycles. The van der Waals surface area contributed by atoms with Crippen LogP contribution in [-0.4, -0.2) is 19.8 Å². The summed E-state index contributed by atoms with van der Waals surface area (Å²) in [4.78, 5) is 0.